The summed E-state index contributed by atoms with van der Waals surface area (Å²) in [6, 6.07) is 0. The van der Waals surface area contributed by atoms with E-state index in [1.54, 1.807) is 24.9 Å². The number of carbonyl (C=O) groups excluding carboxylic acids is 2. The number of carbonyl (C=O) groups is 2. The number of nitrogens with one attached hydrogen (secondary N) is 1. The Balaban J connectivity index is 1.85. The Morgan fingerprint density at radius 3 is 2.68 bits per heavy atom. The highest BCUT2D eigenvalue weighted by Gasteiger charge is 2.22. The summed E-state index contributed by atoms with van der Waals surface area (Å²) < 4.78 is 1.43. The van der Waals surface area contributed by atoms with Gasteiger partial charge in [0.05, 0.1) is 6.20 Å². The number of aliphatic hydroxyl groups is 1. The number of aliphatic hydroxyl groups excluding tert-OH is 1. The molecule has 2 rings (SSSR count). The van der Waals surface area contributed by atoms with E-state index in [2.05, 4.69) is 15.6 Å². The lowest BCUT2D eigenvalue weighted by Gasteiger charge is -2.31. The molecule has 2 N–H and O–H groups in total. The molecule has 0 aromatic carbocycles. The molecule has 22 heavy (non-hydrogen) atoms. The molecule has 0 aliphatic carbocycles. The highest BCUT2D eigenvalue weighted by Crippen LogP contribution is 2.16. The number of hydrogen-bond acceptors (Lipinski definition) is 5. The minimum atomic E-state index is -0.139. The van der Waals surface area contributed by atoms with E-state index in [1.807, 2.05) is 0 Å². The molecule has 1 aliphatic heterocycles. The minimum Gasteiger partial charge on any atom is -0.396 e. The topological polar surface area (TPSA) is 100 Å². The SMILES string of the molecule is CC(C)C(=O)Nc1cn(CC(=O)N2CCC(CO)CC2)nn1. The van der Waals surface area contributed by atoms with Crippen LogP contribution in [0.25, 0.3) is 0 Å². The van der Waals surface area contributed by atoms with Gasteiger partial charge in [-0.3, -0.25) is 9.59 Å². The number of piperidine rings is 1. The third kappa shape index (κ3) is 4.27. The lowest BCUT2D eigenvalue weighted by atomic mass is 9.98. The van der Waals surface area contributed by atoms with Gasteiger partial charge >= 0.3 is 0 Å². The Morgan fingerprint density at radius 2 is 2.09 bits per heavy atom. The van der Waals surface area contributed by atoms with E-state index in [4.69, 9.17) is 5.11 Å². The second kappa shape index (κ2) is 7.35. The van der Waals surface area contributed by atoms with Gasteiger partial charge in [0, 0.05) is 25.6 Å². The molecule has 0 saturated carbocycles. The van der Waals surface area contributed by atoms with Crippen molar-refractivity contribution in [2.24, 2.45) is 11.8 Å². The molecule has 1 aromatic heterocycles. The second-order valence-electron chi connectivity index (χ2n) is 5.95. The molecule has 122 valence electrons. The van der Waals surface area contributed by atoms with Crippen molar-refractivity contribution in [3.63, 3.8) is 0 Å². The number of nitrogens with zero attached hydrogens (tertiary/aromatic N) is 4. The van der Waals surface area contributed by atoms with Crippen molar-refractivity contribution in [1.82, 2.24) is 19.9 Å². The first kappa shape index (κ1) is 16.4. The number of rotatable bonds is 5. The summed E-state index contributed by atoms with van der Waals surface area (Å²) in [5, 5.41) is 19.4. The highest BCUT2D eigenvalue weighted by atomic mass is 16.3. The van der Waals surface area contributed by atoms with Crippen LogP contribution >= 0.6 is 0 Å². The Labute approximate surface area is 129 Å². The molecule has 1 saturated heterocycles. The van der Waals surface area contributed by atoms with Gasteiger partial charge in [0.2, 0.25) is 11.8 Å². The summed E-state index contributed by atoms with van der Waals surface area (Å²) in [4.78, 5) is 25.5. The molecule has 0 spiro atoms. The third-order valence-corrected chi connectivity index (χ3v) is 3.84. The largest absolute Gasteiger partial charge is 0.396 e. The summed E-state index contributed by atoms with van der Waals surface area (Å²) >= 11 is 0. The molecular formula is C14H23N5O3. The van der Waals surface area contributed by atoms with Gasteiger partial charge in [-0.25, -0.2) is 4.68 Å². The summed E-state index contributed by atoms with van der Waals surface area (Å²) in [6.45, 7) is 5.20. The van der Waals surface area contributed by atoms with Crippen LogP contribution in [0.15, 0.2) is 6.20 Å². The molecule has 2 amide bonds. The molecule has 1 aromatic rings. The van der Waals surface area contributed by atoms with Crippen LogP contribution in [0.4, 0.5) is 5.82 Å². The predicted molar refractivity (Wildman–Crippen MR) is 79.9 cm³/mol. The van der Waals surface area contributed by atoms with Crippen LogP contribution in [0, 0.1) is 11.8 Å². The van der Waals surface area contributed by atoms with Gasteiger partial charge in [0.1, 0.15) is 6.54 Å². The molecular weight excluding hydrogens is 286 g/mol. The van der Waals surface area contributed by atoms with Crippen molar-refractivity contribution in [2.75, 3.05) is 25.0 Å². The highest BCUT2D eigenvalue weighted by molar-refractivity contribution is 5.90. The fraction of sp³-hybridized carbons (Fsp3) is 0.714. The van der Waals surface area contributed by atoms with E-state index in [9.17, 15) is 9.59 Å². The van der Waals surface area contributed by atoms with E-state index >= 15 is 0 Å². The molecule has 0 bridgehead atoms. The molecule has 0 atom stereocenters. The van der Waals surface area contributed by atoms with Crippen LogP contribution in [0.5, 0.6) is 0 Å². The van der Waals surface area contributed by atoms with Gasteiger partial charge in [-0.05, 0) is 18.8 Å². The summed E-state index contributed by atoms with van der Waals surface area (Å²) in [7, 11) is 0. The number of aromatic nitrogens is 3. The number of amides is 2. The van der Waals surface area contributed by atoms with Crippen LogP contribution in [-0.4, -0.2) is 56.5 Å². The van der Waals surface area contributed by atoms with Gasteiger partial charge in [-0.2, -0.15) is 0 Å². The van der Waals surface area contributed by atoms with E-state index in [0.29, 0.717) is 24.8 Å². The predicted octanol–water partition coefficient (Wildman–Crippen LogP) is 0.104. The van der Waals surface area contributed by atoms with Gasteiger partial charge in [-0.1, -0.05) is 19.1 Å². The van der Waals surface area contributed by atoms with Gasteiger partial charge in [-0.15, -0.1) is 5.10 Å². The zero-order valence-corrected chi connectivity index (χ0v) is 13.0. The molecule has 8 nitrogen and oxygen atoms in total. The molecule has 1 fully saturated rings. The number of hydrogen-bond donors (Lipinski definition) is 2. The standard InChI is InChI=1S/C14H23N5O3/c1-10(2)14(22)15-12-7-19(17-16-12)8-13(21)18-5-3-11(9-20)4-6-18/h7,10-11,20H,3-6,8-9H2,1-2H3,(H,15,22). The van der Waals surface area contributed by atoms with Crippen molar-refractivity contribution < 1.29 is 14.7 Å². The van der Waals surface area contributed by atoms with E-state index in [0.717, 1.165) is 12.8 Å². The van der Waals surface area contributed by atoms with Crippen molar-refractivity contribution in [2.45, 2.75) is 33.2 Å². The normalized spacial score (nSPS) is 16.1. The summed E-state index contributed by atoms with van der Waals surface area (Å²) in [6.07, 6.45) is 3.21. The fourth-order valence-electron chi connectivity index (χ4n) is 2.31. The van der Waals surface area contributed by atoms with Gasteiger partial charge < -0.3 is 15.3 Å². The van der Waals surface area contributed by atoms with Crippen LogP contribution in [-0.2, 0) is 16.1 Å². The van der Waals surface area contributed by atoms with Crippen molar-refractivity contribution in [1.29, 1.82) is 0 Å². The number of likely N-dealkylation sites (tertiary alicyclic amines) is 1. The Bertz CT molecular complexity index is 520. The zero-order chi connectivity index (χ0) is 16.1. The Hall–Kier alpha value is -1.96. The van der Waals surface area contributed by atoms with Crippen LogP contribution < -0.4 is 5.32 Å². The van der Waals surface area contributed by atoms with Gasteiger partial charge in [0.25, 0.3) is 0 Å². The summed E-state index contributed by atoms with van der Waals surface area (Å²) in [5.74, 6) is 0.353. The lowest BCUT2D eigenvalue weighted by molar-refractivity contribution is -0.133. The molecule has 2 heterocycles. The van der Waals surface area contributed by atoms with E-state index < -0.39 is 0 Å². The van der Waals surface area contributed by atoms with Crippen molar-refractivity contribution in [3.8, 4) is 0 Å². The Kier molecular flexibility index (Phi) is 5.48. The maximum Gasteiger partial charge on any atom is 0.244 e. The van der Waals surface area contributed by atoms with E-state index in [1.165, 1.54) is 4.68 Å². The van der Waals surface area contributed by atoms with E-state index in [-0.39, 0.29) is 30.9 Å². The molecule has 0 radical (unpaired) electrons. The fourth-order valence-corrected chi connectivity index (χ4v) is 2.31. The second-order valence-corrected chi connectivity index (χ2v) is 5.95. The first-order chi connectivity index (χ1) is 10.5. The maximum atomic E-state index is 12.2. The third-order valence-electron chi connectivity index (χ3n) is 3.84. The Morgan fingerprint density at radius 1 is 1.41 bits per heavy atom. The quantitative estimate of drug-likeness (QED) is 0.803. The van der Waals surface area contributed by atoms with Crippen LogP contribution in [0.1, 0.15) is 26.7 Å². The first-order valence-electron chi connectivity index (χ1n) is 7.59. The molecule has 8 heteroatoms. The monoisotopic (exact) mass is 309 g/mol. The van der Waals surface area contributed by atoms with Crippen LogP contribution in [0.2, 0.25) is 0 Å². The smallest absolute Gasteiger partial charge is 0.244 e. The maximum absolute atomic E-state index is 12.2. The van der Waals surface area contributed by atoms with Crippen molar-refractivity contribution >= 4 is 17.6 Å². The minimum absolute atomic E-state index is 0.0250. The number of anilines is 1. The zero-order valence-electron chi connectivity index (χ0n) is 13.0. The average molecular weight is 309 g/mol. The first-order valence-corrected chi connectivity index (χ1v) is 7.59. The average Bonchev–Trinajstić information content (AvgIpc) is 2.94. The summed E-state index contributed by atoms with van der Waals surface area (Å²) in [5.41, 5.74) is 0. The van der Waals surface area contributed by atoms with Crippen LogP contribution in [0.3, 0.4) is 0 Å². The van der Waals surface area contributed by atoms with Crippen molar-refractivity contribution in [3.05, 3.63) is 6.20 Å². The molecule has 0 unspecified atom stereocenters. The molecule has 1 aliphatic rings. The van der Waals surface area contributed by atoms with Gasteiger partial charge in [0.15, 0.2) is 5.82 Å². The lowest BCUT2D eigenvalue weighted by Crippen LogP contribution is -2.40.